The van der Waals surface area contributed by atoms with Crippen LogP contribution < -0.4 is 0 Å². The molecule has 0 radical (unpaired) electrons. The predicted octanol–water partition coefficient (Wildman–Crippen LogP) is 1.98. The van der Waals surface area contributed by atoms with Gasteiger partial charge in [0, 0.05) is 31.7 Å². The summed E-state index contributed by atoms with van der Waals surface area (Å²) < 4.78 is 5.05. The van der Waals surface area contributed by atoms with Crippen LogP contribution in [-0.4, -0.2) is 48.8 Å². The Balaban J connectivity index is 2.90. The number of ether oxygens (including phenoxy) is 1. The zero-order valence-electron chi connectivity index (χ0n) is 12.2. The van der Waals surface area contributed by atoms with Crippen molar-refractivity contribution in [3.8, 4) is 11.8 Å². The molecule has 4 nitrogen and oxygen atoms in total. The molecule has 0 aliphatic heterocycles. The predicted molar refractivity (Wildman–Crippen MR) is 80.9 cm³/mol. The number of methoxy groups -OCH3 is 1. The van der Waals surface area contributed by atoms with Crippen LogP contribution >= 0.6 is 11.3 Å². The Labute approximate surface area is 124 Å². The minimum atomic E-state index is -0.0136. The van der Waals surface area contributed by atoms with E-state index < -0.39 is 0 Å². The van der Waals surface area contributed by atoms with Crippen molar-refractivity contribution in [3.05, 3.63) is 21.9 Å². The van der Waals surface area contributed by atoms with Crippen molar-refractivity contribution in [2.75, 3.05) is 26.9 Å². The van der Waals surface area contributed by atoms with Crippen LogP contribution in [0.15, 0.2) is 11.4 Å². The molecule has 1 amide bonds. The Morgan fingerprint density at radius 2 is 2.30 bits per heavy atom. The van der Waals surface area contributed by atoms with Crippen molar-refractivity contribution in [2.24, 2.45) is 0 Å². The maximum absolute atomic E-state index is 12.6. The van der Waals surface area contributed by atoms with E-state index in [9.17, 15) is 4.79 Å². The van der Waals surface area contributed by atoms with Crippen LogP contribution in [0.2, 0.25) is 0 Å². The normalized spacial score (nSPS) is 10.2. The van der Waals surface area contributed by atoms with E-state index in [1.54, 1.807) is 12.0 Å². The van der Waals surface area contributed by atoms with Crippen LogP contribution in [0, 0.1) is 11.8 Å². The van der Waals surface area contributed by atoms with Gasteiger partial charge in [-0.15, -0.1) is 11.3 Å². The molecule has 0 saturated heterocycles. The Bertz CT molecular complexity index is 485. The zero-order chi connectivity index (χ0) is 15.0. The van der Waals surface area contributed by atoms with Gasteiger partial charge in [-0.25, -0.2) is 0 Å². The van der Waals surface area contributed by atoms with Gasteiger partial charge in [0.05, 0.1) is 13.2 Å². The fraction of sp³-hybridized carbons (Fsp3) is 0.533. The van der Waals surface area contributed by atoms with E-state index >= 15 is 0 Å². The first kappa shape index (κ1) is 16.7. The lowest BCUT2D eigenvalue weighted by Crippen LogP contribution is -2.39. The molecule has 5 heteroatoms. The van der Waals surface area contributed by atoms with E-state index in [0.717, 1.165) is 5.56 Å². The Morgan fingerprint density at radius 1 is 1.55 bits per heavy atom. The first-order valence-corrected chi connectivity index (χ1v) is 7.47. The average molecular weight is 295 g/mol. The van der Waals surface area contributed by atoms with Gasteiger partial charge in [-0.05, 0) is 25.3 Å². The number of hydrogen-bond donors (Lipinski definition) is 1. The largest absolute Gasteiger partial charge is 0.395 e. The molecule has 0 aliphatic rings. The summed E-state index contributed by atoms with van der Waals surface area (Å²) in [6.45, 7) is 5.08. The number of carbonyl (C=O) groups is 1. The highest BCUT2D eigenvalue weighted by atomic mass is 32.1. The molecule has 0 unspecified atom stereocenters. The minimum absolute atomic E-state index is 0.0136. The van der Waals surface area contributed by atoms with Crippen LogP contribution in [0.4, 0.5) is 0 Å². The van der Waals surface area contributed by atoms with Gasteiger partial charge >= 0.3 is 0 Å². The van der Waals surface area contributed by atoms with Crippen molar-refractivity contribution < 1.29 is 14.6 Å². The molecule has 0 spiro atoms. The van der Waals surface area contributed by atoms with Crippen molar-refractivity contribution in [1.82, 2.24) is 4.90 Å². The van der Waals surface area contributed by atoms with Crippen molar-refractivity contribution in [1.29, 1.82) is 0 Å². The average Bonchev–Trinajstić information content (AvgIpc) is 2.87. The van der Waals surface area contributed by atoms with E-state index in [2.05, 4.69) is 11.8 Å². The highest BCUT2D eigenvalue weighted by molar-refractivity contribution is 7.12. The van der Waals surface area contributed by atoms with Gasteiger partial charge in [-0.1, -0.05) is 11.8 Å². The van der Waals surface area contributed by atoms with E-state index in [-0.39, 0.29) is 18.6 Å². The maximum Gasteiger partial charge on any atom is 0.265 e. The van der Waals surface area contributed by atoms with Crippen molar-refractivity contribution >= 4 is 17.2 Å². The molecule has 1 aromatic rings. The van der Waals surface area contributed by atoms with Gasteiger partial charge < -0.3 is 14.7 Å². The lowest BCUT2D eigenvalue weighted by molar-refractivity contribution is 0.0639. The number of aliphatic hydroxyl groups is 1. The van der Waals surface area contributed by atoms with Gasteiger partial charge in [-0.2, -0.15) is 0 Å². The highest BCUT2D eigenvalue weighted by Crippen LogP contribution is 2.19. The summed E-state index contributed by atoms with van der Waals surface area (Å²) in [5.41, 5.74) is 0.733. The second-order valence-corrected chi connectivity index (χ2v) is 5.44. The van der Waals surface area contributed by atoms with Crippen molar-refractivity contribution in [3.63, 3.8) is 0 Å². The van der Waals surface area contributed by atoms with E-state index in [4.69, 9.17) is 9.84 Å². The van der Waals surface area contributed by atoms with Crippen LogP contribution in [-0.2, 0) is 4.74 Å². The molecule has 0 fully saturated rings. The van der Waals surface area contributed by atoms with Crippen LogP contribution in [0.25, 0.3) is 0 Å². The Morgan fingerprint density at radius 3 is 2.90 bits per heavy atom. The molecule has 20 heavy (non-hydrogen) atoms. The number of hydrogen-bond acceptors (Lipinski definition) is 4. The summed E-state index contributed by atoms with van der Waals surface area (Å²) >= 11 is 1.40. The Hall–Kier alpha value is -1.35. The monoisotopic (exact) mass is 295 g/mol. The first-order valence-electron chi connectivity index (χ1n) is 6.59. The standard InChI is InChI=1S/C15H21NO3S/c1-12(2)16(8-10-19-3)15(18)14-13(7-11-20-14)6-4-5-9-17/h7,11-12,17H,5,8-10H2,1-3H3. The van der Waals surface area contributed by atoms with Crippen LogP contribution in [0.1, 0.15) is 35.5 Å². The minimum Gasteiger partial charge on any atom is -0.395 e. The van der Waals surface area contributed by atoms with Gasteiger partial charge in [0.25, 0.3) is 5.91 Å². The van der Waals surface area contributed by atoms with E-state index in [1.807, 2.05) is 25.3 Å². The third kappa shape index (κ3) is 4.64. The maximum atomic E-state index is 12.6. The fourth-order valence-electron chi connectivity index (χ4n) is 1.70. The van der Waals surface area contributed by atoms with Crippen molar-refractivity contribution in [2.45, 2.75) is 26.3 Å². The molecular formula is C15H21NO3S. The second kappa shape index (κ2) is 8.75. The topological polar surface area (TPSA) is 49.8 Å². The molecule has 1 aromatic heterocycles. The number of carbonyl (C=O) groups excluding carboxylic acids is 1. The summed E-state index contributed by atoms with van der Waals surface area (Å²) in [7, 11) is 1.62. The van der Waals surface area contributed by atoms with Crippen LogP contribution in [0.3, 0.4) is 0 Å². The van der Waals surface area contributed by atoms with Gasteiger partial charge in [0.1, 0.15) is 4.88 Å². The molecule has 0 aliphatic carbocycles. The van der Waals surface area contributed by atoms with Gasteiger partial charge in [0.2, 0.25) is 0 Å². The summed E-state index contributed by atoms with van der Waals surface area (Å²) in [4.78, 5) is 15.0. The number of nitrogens with zero attached hydrogens (tertiary/aromatic N) is 1. The lowest BCUT2D eigenvalue weighted by atomic mass is 10.2. The molecule has 0 bridgehead atoms. The summed E-state index contributed by atoms with van der Waals surface area (Å²) in [5, 5.41) is 10.6. The highest BCUT2D eigenvalue weighted by Gasteiger charge is 2.21. The summed E-state index contributed by atoms with van der Waals surface area (Å²) in [6.07, 6.45) is 0.418. The number of thiophene rings is 1. The molecule has 0 atom stereocenters. The SMILES string of the molecule is COCCN(C(=O)c1sccc1C#CCCO)C(C)C. The molecule has 1 rings (SSSR count). The molecule has 1 N–H and O–H groups in total. The Kier molecular flexibility index (Phi) is 7.31. The van der Waals surface area contributed by atoms with Gasteiger partial charge in [0.15, 0.2) is 0 Å². The third-order valence-corrected chi connectivity index (χ3v) is 3.64. The number of amides is 1. The quantitative estimate of drug-likeness (QED) is 0.816. The fourth-order valence-corrected chi connectivity index (χ4v) is 2.51. The van der Waals surface area contributed by atoms with E-state index in [0.29, 0.717) is 24.4 Å². The second-order valence-electron chi connectivity index (χ2n) is 4.52. The molecule has 110 valence electrons. The molecule has 0 saturated carbocycles. The van der Waals surface area contributed by atoms with E-state index in [1.165, 1.54) is 11.3 Å². The molecular weight excluding hydrogens is 274 g/mol. The number of rotatable bonds is 6. The third-order valence-electron chi connectivity index (χ3n) is 2.74. The zero-order valence-corrected chi connectivity index (χ0v) is 13.0. The van der Waals surface area contributed by atoms with Crippen LogP contribution in [0.5, 0.6) is 0 Å². The first-order chi connectivity index (χ1) is 9.61. The number of aliphatic hydroxyl groups excluding tert-OH is 1. The summed E-state index contributed by atoms with van der Waals surface area (Å²) in [5.74, 6) is 5.79. The molecule has 1 heterocycles. The smallest absolute Gasteiger partial charge is 0.265 e. The summed E-state index contributed by atoms with van der Waals surface area (Å²) in [6, 6.07) is 1.95. The van der Waals surface area contributed by atoms with Gasteiger partial charge in [-0.3, -0.25) is 4.79 Å². The molecule has 0 aromatic carbocycles. The lowest BCUT2D eigenvalue weighted by Gasteiger charge is -2.26.